The van der Waals surface area contributed by atoms with E-state index in [1.807, 2.05) is 18.8 Å². The van der Waals surface area contributed by atoms with E-state index in [0.717, 1.165) is 12.8 Å². The van der Waals surface area contributed by atoms with Gasteiger partial charge in [-0.3, -0.25) is 4.68 Å². The van der Waals surface area contributed by atoms with Gasteiger partial charge in [-0.05, 0) is 24.9 Å². The molecule has 0 aliphatic carbocycles. The van der Waals surface area contributed by atoms with E-state index in [1.165, 1.54) is 11.4 Å². The van der Waals surface area contributed by atoms with E-state index in [1.54, 1.807) is 0 Å². The molecule has 0 aromatic carbocycles. The Balaban J connectivity index is 2.82. The number of hydrogen-bond acceptors (Lipinski definition) is 2. The van der Waals surface area contributed by atoms with Crippen LogP contribution < -0.4 is 5.32 Å². The lowest BCUT2D eigenvalue weighted by Crippen LogP contribution is -2.40. The molecule has 0 amide bonds. The Labute approximate surface area is 99.2 Å². The van der Waals surface area contributed by atoms with Crippen LogP contribution in [-0.4, -0.2) is 22.9 Å². The average Bonchev–Trinajstić information content (AvgIpc) is 2.54. The average molecular weight is 223 g/mol. The molecule has 0 bridgehead atoms. The molecule has 0 fully saturated rings. The zero-order chi connectivity index (χ0) is 12.3. The Kier molecular flexibility index (Phi) is 4.14. The van der Waals surface area contributed by atoms with Crippen LogP contribution in [-0.2, 0) is 19.9 Å². The molecule has 0 saturated carbocycles. The van der Waals surface area contributed by atoms with Crippen molar-refractivity contribution in [3.8, 4) is 0 Å². The van der Waals surface area contributed by atoms with Gasteiger partial charge >= 0.3 is 0 Å². The molecule has 1 unspecified atom stereocenters. The van der Waals surface area contributed by atoms with Crippen LogP contribution in [0.5, 0.6) is 0 Å². The fraction of sp³-hybridized carbons (Fsp3) is 0.769. The first kappa shape index (κ1) is 13.2. The first-order valence-corrected chi connectivity index (χ1v) is 6.07. The summed E-state index contributed by atoms with van der Waals surface area (Å²) in [7, 11) is 4.07. The summed E-state index contributed by atoms with van der Waals surface area (Å²) in [5.41, 5.74) is 2.76. The molecule has 0 saturated heterocycles. The molecule has 3 heteroatoms. The van der Waals surface area contributed by atoms with Crippen molar-refractivity contribution in [1.29, 1.82) is 0 Å². The summed E-state index contributed by atoms with van der Waals surface area (Å²) in [6.07, 6.45) is 2.04. The minimum Gasteiger partial charge on any atom is -0.316 e. The molecule has 0 spiro atoms. The minimum absolute atomic E-state index is 0.269. The fourth-order valence-electron chi connectivity index (χ4n) is 1.99. The van der Waals surface area contributed by atoms with Gasteiger partial charge in [0.2, 0.25) is 0 Å². The van der Waals surface area contributed by atoms with E-state index in [4.69, 9.17) is 0 Å². The van der Waals surface area contributed by atoms with Gasteiger partial charge in [0.05, 0.1) is 5.69 Å². The van der Waals surface area contributed by atoms with Gasteiger partial charge in [-0.15, -0.1) is 0 Å². The Bertz CT molecular complexity index is 333. The summed E-state index contributed by atoms with van der Waals surface area (Å²) in [5, 5.41) is 7.89. The van der Waals surface area contributed by atoms with Crippen LogP contribution in [0.4, 0.5) is 0 Å². The second-order valence-electron chi connectivity index (χ2n) is 5.52. The van der Waals surface area contributed by atoms with Crippen LogP contribution >= 0.6 is 0 Å². The highest BCUT2D eigenvalue weighted by atomic mass is 15.3. The molecule has 92 valence electrons. The molecule has 1 atom stereocenters. The van der Waals surface area contributed by atoms with E-state index >= 15 is 0 Å². The van der Waals surface area contributed by atoms with Gasteiger partial charge in [0.15, 0.2) is 0 Å². The van der Waals surface area contributed by atoms with Crippen molar-refractivity contribution < 1.29 is 0 Å². The smallest absolute Gasteiger partial charge is 0.0624 e. The topological polar surface area (TPSA) is 29.9 Å². The van der Waals surface area contributed by atoms with Gasteiger partial charge in [-0.2, -0.15) is 5.10 Å². The molecule has 0 aliphatic rings. The molecule has 3 nitrogen and oxygen atoms in total. The van der Waals surface area contributed by atoms with Crippen LogP contribution in [0.2, 0.25) is 0 Å². The highest BCUT2D eigenvalue weighted by molar-refractivity contribution is 5.12. The predicted octanol–water partition coefficient (Wildman–Crippen LogP) is 2.16. The third kappa shape index (κ3) is 3.08. The first-order valence-electron chi connectivity index (χ1n) is 6.07. The molecule has 0 aliphatic heterocycles. The van der Waals surface area contributed by atoms with Crippen molar-refractivity contribution in [2.45, 2.75) is 46.6 Å². The van der Waals surface area contributed by atoms with Crippen LogP contribution in [0.25, 0.3) is 0 Å². The highest BCUT2D eigenvalue weighted by Crippen LogP contribution is 2.22. The Morgan fingerprint density at radius 1 is 1.44 bits per heavy atom. The van der Waals surface area contributed by atoms with E-state index in [9.17, 15) is 0 Å². The number of hydrogen-bond donors (Lipinski definition) is 1. The maximum atomic E-state index is 4.49. The molecule has 0 radical (unpaired) electrons. The summed E-state index contributed by atoms with van der Waals surface area (Å²) in [6.45, 7) is 8.95. The van der Waals surface area contributed by atoms with Crippen molar-refractivity contribution in [2.75, 3.05) is 7.05 Å². The first-order chi connectivity index (χ1) is 7.38. The molecule has 1 N–H and O–H groups in total. The Morgan fingerprint density at radius 2 is 2.06 bits per heavy atom. The number of aryl methyl sites for hydroxylation is 2. The lowest BCUT2D eigenvalue weighted by molar-refractivity contribution is 0.276. The van der Waals surface area contributed by atoms with Crippen molar-refractivity contribution in [3.05, 3.63) is 17.5 Å². The molecule has 16 heavy (non-hydrogen) atoms. The molecule has 1 aromatic heterocycles. The number of aromatic nitrogens is 2. The molecular weight excluding hydrogens is 198 g/mol. The Morgan fingerprint density at radius 3 is 2.44 bits per heavy atom. The molecular formula is C13H25N3. The van der Waals surface area contributed by atoms with Gasteiger partial charge in [0, 0.05) is 25.2 Å². The number of nitrogens with one attached hydrogen (secondary N) is 1. The fourth-order valence-corrected chi connectivity index (χ4v) is 1.99. The summed E-state index contributed by atoms with van der Waals surface area (Å²) in [5.74, 6) is 0. The third-order valence-corrected chi connectivity index (χ3v) is 3.20. The van der Waals surface area contributed by atoms with Gasteiger partial charge in [-0.25, -0.2) is 0 Å². The van der Waals surface area contributed by atoms with Crippen LogP contribution in [0.15, 0.2) is 6.07 Å². The van der Waals surface area contributed by atoms with Crippen LogP contribution in [0.3, 0.4) is 0 Å². The zero-order valence-electron chi connectivity index (χ0n) is 11.5. The second-order valence-corrected chi connectivity index (χ2v) is 5.52. The molecule has 1 rings (SSSR count). The minimum atomic E-state index is 0.269. The second kappa shape index (κ2) is 5.00. The van der Waals surface area contributed by atoms with Gasteiger partial charge in [0.25, 0.3) is 0 Å². The number of rotatable bonds is 4. The largest absolute Gasteiger partial charge is 0.316 e. The van der Waals surface area contributed by atoms with E-state index in [2.05, 4.69) is 44.2 Å². The maximum absolute atomic E-state index is 4.49. The van der Waals surface area contributed by atoms with Gasteiger partial charge < -0.3 is 5.32 Å². The van der Waals surface area contributed by atoms with Crippen LogP contribution in [0.1, 0.15) is 39.1 Å². The third-order valence-electron chi connectivity index (χ3n) is 3.20. The lowest BCUT2D eigenvalue weighted by atomic mass is 9.84. The highest BCUT2D eigenvalue weighted by Gasteiger charge is 2.24. The van der Waals surface area contributed by atoms with Gasteiger partial charge in [-0.1, -0.05) is 27.7 Å². The zero-order valence-corrected chi connectivity index (χ0v) is 11.5. The van der Waals surface area contributed by atoms with Crippen molar-refractivity contribution in [1.82, 2.24) is 15.1 Å². The Hall–Kier alpha value is -0.830. The normalized spacial score (nSPS) is 14.1. The quantitative estimate of drug-likeness (QED) is 0.847. The van der Waals surface area contributed by atoms with E-state index in [0.29, 0.717) is 6.04 Å². The predicted molar refractivity (Wildman–Crippen MR) is 68.6 cm³/mol. The summed E-state index contributed by atoms with van der Waals surface area (Å²) >= 11 is 0. The van der Waals surface area contributed by atoms with Crippen molar-refractivity contribution >= 4 is 0 Å². The molecule has 1 heterocycles. The summed E-state index contributed by atoms with van der Waals surface area (Å²) < 4.78 is 2.01. The summed E-state index contributed by atoms with van der Waals surface area (Å²) in [6, 6.07) is 2.70. The molecule has 1 aromatic rings. The van der Waals surface area contributed by atoms with E-state index < -0.39 is 0 Å². The van der Waals surface area contributed by atoms with Gasteiger partial charge in [0.1, 0.15) is 0 Å². The number of likely N-dealkylation sites (N-methyl/N-ethyl adjacent to an activating group) is 1. The lowest BCUT2D eigenvalue weighted by Gasteiger charge is -2.30. The van der Waals surface area contributed by atoms with Crippen molar-refractivity contribution in [2.24, 2.45) is 12.5 Å². The number of nitrogens with zero attached hydrogens (tertiary/aromatic N) is 2. The van der Waals surface area contributed by atoms with Crippen molar-refractivity contribution in [3.63, 3.8) is 0 Å². The monoisotopic (exact) mass is 223 g/mol. The van der Waals surface area contributed by atoms with Crippen LogP contribution in [0, 0.1) is 5.41 Å². The maximum Gasteiger partial charge on any atom is 0.0624 e. The SMILES string of the molecule is CCc1cc(CC(NC)C(C)(C)C)n(C)n1. The standard InChI is InChI=1S/C13H25N3/c1-7-10-8-11(16(6)15-10)9-12(14-5)13(2,3)4/h8,12,14H,7,9H2,1-6H3. The summed E-state index contributed by atoms with van der Waals surface area (Å²) in [4.78, 5) is 0. The van der Waals surface area contributed by atoms with E-state index in [-0.39, 0.29) is 5.41 Å².